The topological polar surface area (TPSA) is 157 Å². The first-order valence-corrected chi connectivity index (χ1v) is 14.8. The SMILES string of the molecule is O=C(CCc1ccc(F)cc1)N[C@@H](Cc1ccc(O)cc1)C(=O)NCC(=O)N[C@@H](Cc1ccc(O)cc1)C(=O)Nc1ccc(F)cc1. The summed E-state index contributed by atoms with van der Waals surface area (Å²) in [5.41, 5.74) is 2.31. The lowest BCUT2D eigenvalue weighted by Gasteiger charge is -2.21. The molecule has 0 saturated heterocycles. The Labute approximate surface area is 269 Å². The van der Waals surface area contributed by atoms with Crippen LogP contribution in [-0.4, -0.2) is 52.5 Å². The van der Waals surface area contributed by atoms with Gasteiger partial charge in [0.15, 0.2) is 0 Å². The van der Waals surface area contributed by atoms with Crippen LogP contribution < -0.4 is 21.3 Å². The monoisotopic (exact) mass is 644 g/mol. The van der Waals surface area contributed by atoms with E-state index in [4.69, 9.17) is 0 Å². The average Bonchev–Trinajstić information content (AvgIpc) is 3.05. The first kappa shape index (κ1) is 34.1. The van der Waals surface area contributed by atoms with E-state index in [-0.39, 0.29) is 30.8 Å². The van der Waals surface area contributed by atoms with E-state index in [2.05, 4.69) is 21.3 Å². The summed E-state index contributed by atoms with van der Waals surface area (Å²) in [6.45, 7) is -0.522. The van der Waals surface area contributed by atoms with Crippen LogP contribution in [0.25, 0.3) is 0 Å². The lowest BCUT2D eigenvalue weighted by atomic mass is 10.0. The van der Waals surface area contributed by atoms with Crippen molar-refractivity contribution in [1.29, 1.82) is 0 Å². The van der Waals surface area contributed by atoms with Crippen molar-refractivity contribution >= 4 is 29.3 Å². The Balaban J connectivity index is 1.40. The molecular formula is C35H34F2N4O6. The molecule has 0 radical (unpaired) electrons. The molecule has 4 aromatic rings. The standard InChI is InChI=1S/C35H34F2N4O6/c36-25-8-1-22(2-9-25)7-18-32(44)40-30(19-23-3-14-28(42)15-4-23)34(46)38-21-33(45)41-31(20-24-5-16-29(43)17-6-24)35(47)39-27-12-10-26(37)11-13-27/h1-6,8-17,30-31,42-43H,7,18-21H2,(H,38,46)(H,39,47)(H,40,44)(H,41,45)/t30-,31-/m0/s1. The number of amides is 4. The second-order valence-electron chi connectivity index (χ2n) is 10.8. The molecule has 47 heavy (non-hydrogen) atoms. The van der Waals surface area contributed by atoms with Gasteiger partial charge in [0.2, 0.25) is 23.6 Å². The molecule has 4 amide bonds. The molecule has 0 unspecified atom stereocenters. The van der Waals surface area contributed by atoms with Crippen molar-refractivity contribution in [2.45, 2.75) is 37.8 Å². The van der Waals surface area contributed by atoms with E-state index in [1.807, 2.05) is 0 Å². The largest absolute Gasteiger partial charge is 0.508 e. The Morgan fingerprint density at radius 3 is 1.55 bits per heavy atom. The van der Waals surface area contributed by atoms with Crippen LogP contribution >= 0.6 is 0 Å². The van der Waals surface area contributed by atoms with Crippen molar-refractivity contribution in [3.05, 3.63) is 125 Å². The lowest BCUT2D eigenvalue weighted by molar-refractivity contribution is -0.131. The summed E-state index contributed by atoms with van der Waals surface area (Å²) >= 11 is 0. The van der Waals surface area contributed by atoms with Crippen LogP contribution in [-0.2, 0) is 38.4 Å². The first-order valence-electron chi connectivity index (χ1n) is 14.8. The molecule has 0 aliphatic carbocycles. The van der Waals surface area contributed by atoms with Gasteiger partial charge in [-0.1, -0.05) is 36.4 Å². The van der Waals surface area contributed by atoms with E-state index in [9.17, 15) is 38.2 Å². The van der Waals surface area contributed by atoms with Crippen molar-refractivity contribution in [2.75, 3.05) is 11.9 Å². The molecule has 12 heteroatoms. The van der Waals surface area contributed by atoms with Crippen molar-refractivity contribution < 1.29 is 38.2 Å². The van der Waals surface area contributed by atoms with Gasteiger partial charge in [-0.25, -0.2) is 8.78 Å². The molecule has 0 bridgehead atoms. The minimum atomic E-state index is -1.10. The number of benzene rings is 4. The number of hydrogen-bond acceptors (Lipinski definition) is 6. The van der Waals surface area contributed by atoms with E-state index in [1.165, 1.54) is 60.7 Å². The normalized spacial score (nSPS) is 12.0. The molecular weight excluding hydrogens is 610 g/mol. The molecule has 0 heterocycles. The third-order valence-corrected chi connectivity index (χ3v) is 7.14. The van der Waals surface area contributed by atoms with Gasteiger partial charge >= 0.3 is 0 Å². The summed E-state index contributed by atoms with van der Waals surface area (Å²) in [6.07, 6.45) is 0.429. The summed E-state index contributed by atoms with van der Waals surface area (Å²) in [6, 6.07) is 20.8. The number of phenolic OH excluding ortho intramolecular Hbond substituents is 2. The molecule has 0 aliphatic heterocycles. The van der Waals surface area contributed by atoms with Gasteiger partial charge in [-0.05, 0) is 83.8 Å². The van der Waals surface area contributed by atoms with Crippen LogP contribution in [0, 0.1) is 11.6 Å². The van der Waals surface area contributed by atoms with Gasteiger partial charge in [0.05, 0.1) is 6.54 Å². The number of aromatic hydroxyl groups is 2. The fourth-order valence-electron chi connectivity index (χ4n) is 4.63. The van der Waals surface area contributed by atoms with Gasteiger partial charge in [0.25, 0.3) is 0 Å². The maximum Gasteiger partial charge on any atom is 0.247 e. The Kier molecular flexibility index (Phi) is 12.0. The molecule has 4 rings (SSSR count). The molecule has 0 fully saturated rings. The number of carbonyl (C=O) groups is 4. The Hall–Kier alpha value is -5.78. The molecule has 0 aliphatic rings. The Bertz CT molecular complexity index is 1660. The number of carbonyl (C=O) groups excluding carboxylic acids is 4. The van der Waals surface area contributed by atoms with E-state index >= 15 is 0 Å². The van der Waals surface area contributed by atoms with Gasteiger partial charge in [-0.15, -0.1) is 0 Å². The van der Waals surface area contributed by atoms with Gasteiger partial charge in [0.1, 0.15) is 35.2 Å². The highest BCUT2D eigenvalue weighted by atomic mass is 19.1. The zero-order chi connectivity index (χ0) is 33.8. The third kappa shape index (κ3) is 11.3. The van der Waals surface area contributed by atoms with Crippen LogP contribution in [0.1, 0.15) is 23.1 Å². The third-order valence-electron chi connectivity index (χ3n) is 7.14. The molecule has 6 N–H and O–H groups in total. The summed E-state index contributed by atoms with van der Waals surface area (Å²) in [4.78, 5) is 52.2. The first-order chi connectivity index (χ1) is 22.5. The number of nitrogens with one attached hydrogen (secondary N) is 4. The van der Waals surface area contributed by atoms with Crippen molar-refractivity contribution in [1.82, 2.24) is 16.0 Å². The van der Waals surface area contributed by atoms with Crippen LogP contribution in [0.2, 0.25) is 0 Å². The number of rotatable bonds is 14. The van der Waals surface area contributed by atoms with Crippen molar-refractivity contribution in [3.8, 4) is 11.5 Å². The zero-order valence-corrected chi connectivity index (χ0v) is 25.2. The summed E-state index contributed by atoms with van der Waals surface area (Å²) in [5, 5.41) is 29.7. The van der Waals surface area contributed by atoms with Crippen LogP contribution in [0.15, 0.2) is 97.1 Å². The minimum Gasteiger partial charge on any atom is -0.508 e. The highest BCUT2D eigenvalue weighted by molar-refractivity contribution is 5.98. The molecule has 0 saturated carbocycles. The molecule has 10 nitrogen and oxygen atoms in total. The van der Waals surface area contributed by atoms with Crippen LogP contribution in [0.5, 0.6) is 11.5 Å². The Morgan fingerprint density at radius 2 is 1.02 bits per heavy atom. The molecule has 2 atom stereocenters. The Morgan fingerprint density at radius 1 is 0.574 bits per heavy atom. The van der Waals surface area contributed by atoms with Gasteiger partial charge < -0.3 is 31.5 Å². The summed E-state index contributed by atoms with van der Waals surface area (Å²) < 4.78 is 26.6. The highest BCUT2D eigenvalue weighted by Crippen LogP contribution is 2.15. The van der Waals surface area contributed by atoms with E-state index < -0.39 is 53.9 Å². The average molecular weight is 645 g/mol. The molecule has 0 aromatic heterocycles. The smallest absolute Gasteiger partial charge is 0.247 e. The maximum atomic E-state index is 13.3. The highest BCUT2D eigenvalue weighted by Gasteiger charge is 2.25. The fraction of sp³-hybridized carbons (Fsp3) is 0.200. The van der Waals surface area contributed by atoms with Crippen LogP contribution in [0.4, 0.5) is 14.5 Å². The molecule has 244 valence electrons. The molecule has 0 spiro atoms. The van der Waals surface area contributed by atoms with Crippen molar-refractivity contribution in [2.24, 2.45) is 0 Å². The quantitative estimate of drug-likeness (QED) is 0.123. The van der Waals surface area contributed by atoms with Crippen molar-refractivity contribution in [3.63, 3.8) is 0 Å². The maximum absolute atomic E-state index is 13.3. The summed E-state index contributed by atoms with van der Waals surface area (Å²) in [5.74, 6) is -3.21. The van der Waals surface area contributed by atoms with Gasteiger partial charge in [-0.2, -0.15) is 0 Å². The minimum absolute atomic E-state index is 0.0214. The van der Waals surface area contributed by atoms with E-state index in [1.54, 1.807) is 36.4 Å². The predicted molar refractivity (Wildman–Crippen MR) is 170 cm³/mol. The lowest BCUT2D eigenvalue weighted by Crippen LogP contribution is -2.52. The molecule has 4 aromatic carbocycles. The van der Waals surface area contributed by atoms with E-state index in [0.29, 0.717) is 23.2 Å². The number of anilines is 1. The summed E-state index contributed by atoms with van der Waals surface area (Å²) in [7, 11) is 0. The van der Waals surface area contributed by atoms with Crippen LogP contribution in [0.3, 0.4) is 0 Å². The second kappa shape index (κ2) is 16.5. The number of aryl methyl sites for hydroxylation is 1. The zero-order valence-electron chi connectivity index (χ0n) is 25.2. The predicted octanol–water partition coefficient (Wildman–Crippen LogP) is 3.52. The second-order valence-corrected chi connectivity index (χ2v) is 10.8. The van der Waals surface area contributed by atoms with E-state index in [0.717, 1.165) is 5.56 Å². The van der Waals surface area contributed by atoms with Gasteiger partial charge in [0, 0.05) is 24.9 Å². The number of hydrogen-bond donors (Lipinski definition) is 6. The number of halogens is 2. The fourth-order valence-corrected chi connectivity index (χ4v) is 4.63. The van der Waals surface area contributed by atoms with Gasteiger partial charge in [-0.3, -0.25) is 19.2 Å². The number of phenols is 2.